The van der Waals surface area contributed by atoms with Gasteiger partial charge in [-0.25, -0.2) is 0 Å². The Kier molecular flexibility index (Phi) is 5.73. The third-order valence-electron chi connectivity index (χ3n) is 3.52. The predicted molar refractivity (Wildman–Crippen MR) is 79.4 cm³/mol. The molecule has 19 heavy (non-hydrogen) atoms. The lowest BCUT2D eigenvalue weighted by Gasteiger charge is -2.30. The van der Waals surface area contributed by atoms with Crippen molar-refractivity contribution < 1.29 is 9.90 Å². The number of rotatable bonds is 6. The number of aliphatic carboxylic acids is 1. The number of hydrogen-bond acceptors (Lipinski definition) is 3. The van der Waals surface area contributed by atoms with Crippen molar-refractivity contribution >= 4 is 17.7 Å². The highest BCUT2D eigenvalue weighted by Crippen LogP contribution is 2.18. The van der Waals surface area contributed by atoms with E-state index in [1.807, 2.05) is 17.8 Å². The number of benzene rings is 1. The molecule has 1 unspecified atom stereocenters. The van der Waals surface area contributed by atoms with Gasteiger partial charge in [-0.1, -0.05) is 30.3 Å². The molecule has 1 aromatic rings. The summed E-state index contributed by atoms with van der Waals surface area (Å²) in [6, 6.07) is 10.5. The maximum Gasteiger partial charge on any atom is 0.307 e. The molecular weight excluding hydrogens is 258 g/mol. The minimum atomic E-state index is -0.637. The first-order valence-corrected chi connectivity index (χ1v) is 7.98. The van der Waals surface area contributed by atoms with Crippen LogP contribution < -0.4 is 0 Å². The smallest absolute Gasteiger partial charge is 0.307 e. The van der Waals surface area contributed by atoms with Crippen LogP contribution in [0.25, 0.3) is 0 Å². The first-order valence-electron chi connectivity index (χ1n) is 6.82. The molecule has 0 spiro atoms. The van der Waals surface area contributed by atoms with Crippen LogP contribution in [0.2, 0.25) is 0 Å². The molecule has 1 N–H and O–H groups in total. The fourth-order valence-electron chi connectivity index (χ4n) is 2.42. The van der Waals surface area contributed by atoms with Gasteiger partial charge < -0.3 is 10.0 Å². The van der Waals surface area contributed by atoms with E-state index in [2.05, 4.69) is 29.2 Å². The molecular formula is C15H21NO2S. The van der Waals surface area contributed by atoms with Gasteiger partial charge in [-0.3, -0.25) is 4.79 Å². The summed E-state index contributed by atoms with van der Waals surface area (Å²) in [5.74, 6) is 1.31. The van der Waals surface area contributed by atoms with Gasteiger partial charge in [-0.15, -0.1) is 0 Å². The van der Waals surface area contributed by atoms with Gasteiger partial charge in [0, 0.05) is 24.6 Å². The lowest BCUT2D eigenvalue weighted by molar-refractivity contribution is -0.143. The minimum absolute atomic E-state index is 0.159. The maximum absolute atomic E-state index is 11.0. The van der Waals surface area contributed by atoms with E-state index >= 15 is 0 Å². The Bertz CT molecular complexity index is 396. The van der Waals surface area contributed by atoms with E-state index in [0.717, 1.165) is 44.0 Å². The Morgan fingerprint density at radius 1 is 1.37 bits per heavy atom. The van der Waals surface area contributed by atoms with E-state index < -0.39 is 5.97 Å². The number of carbonyl (C=O) groups is 1. The zero-order chi connectivity index (χ0) is 13.5. The zero-order valence-corrected chi connectivity index (χ0v) is 11.9. The van der Waals surface area contributed by atoms with Crippen molar-refractivity contribution in [3.05, 3.63) is 35.9 Å². The van der Waals surface area contributed by atoms with E-state index in [-0.39, 0.29) is 5.92 Å². The Balaban J connectivity index is 1.64. The highest BCUT2D eigenvalue weighted by Gasteiger charge is 2.24. The van der Waals surface area contributed by atoms with Crippen LogP contribution in [0, 0.1) is 5.92 Å². The van der Waals surface area contributed by atoms with E-state index in [1.165, 1.54) is 5.56 Å². The van der Waals surface area contributed by atoms with Crippen molar-refractivity contribution in [1.29, 1.82) is 0 Å². The van der Waals surface area contributed by atoms with Gasteiger partial charge in [0.1, 0.15) is 0 Å². The molecule has 1 heterocycles. The summed E-state index contributed by atoms with van der Waals surface area (Å²) < 4.78 is 0. The van der Waals surface area contributed by atoms with Crippen LogP contribution in [0.3, 0.4) is 0 Å². The van der Waals surface area contributed by atoms with Crippen LogP contribution >= 0.6 is 11.8 Å². The molecule has 0 bridgehead atoms. The van der Waals surface area contributed by atoms with Gasteiger partial charge in [-0.05, 0) is 24.9 Å². The predicted octanol–water partition coefficient (Wildman–Crippen LogP) is 2.72. The number of carboxylic acid groups (broad SMARTS) is 1. The molecule has 0 amide bonds. The van der Waals surface area contributed by atoms with Crippen LogP contribution in [0.15, 0.2) is 30.3 Å². The summed E-state index contributed by atoms with van der Waals surface area (Å²) in [5.41, 5.74) is 1.36. The number of nitrogens with zero attached hydrogens (tertiary/aromatic N) is 1. The van der Waals surface area contributed by atoms with Gasteiger partial charge in [0.05, 0.1) is 5.92 Å². The van der Waals surface area contributed by atoms with Crippen molar-refractivity contribution in [3.8, 4) is 0 Å². The van der Waals surface area contributed by atoms with Crippen LogP contribution in [0.1, 0.15) is 18.4 Å². The highest BCUT2D eigenvalue weighted by molar-refractivity contribution is 7.98. The molecule has 0 radical (unpaired) electrons. The third-order valence-corrected chi connectivity index (χ3v) is 4.53. The van der Waals surface area contributed by atoms with Gasteiger partial charge in [0.15, 0.2) is 0 Å². The van der Waals surface area contributed by atoms with Crippen molar-refractivity contribution in [3.63, 3.8) is 0 Å². The molecule has 1 aromatic carbocycles. The average Bonchev–Trinajstić information content (AvgIpc) is 2.45. The first-order chi connectivity index (χ1) is 9.25. The SMILES string of the molecule is O=C(O)C1CCCN(CCSCc2ccccc2)C1. The molecule has 104 valence electrons. The second kappa shape index (κ2) is 7.56. The summed E-state index contributed by atoms with van der Waals surface area (Å²) in [4.78, 5) is 13.3. The normalized spacial score (nSPS) is 20.3. The Morgan fingerprint density at radius 2 is 2.16 bits per heavy atom. The molecule has 1 saturated heterocycles. The number of likely N-dealkylation sites (tertiary alicyclic amines) is 1. The summed E-state index contributed by atoms with van der Waals surface area (Å²) in [6.07, 6.45) is 1.85. The van der Waals surface area contributed by atoms with Gasteiger partial charge in [0.2, 0.25) is 0 Å². The molecule has 3 nitrogen and oxygen atoms in total. The van der Waals surface area contributed by atoms with Crippen molar-refractivity contribution in [2.45, 2.75) is 18.6 Å². The Hall–Kier alpha value is -1.00. The number of hydrogen-bond donors (Lipinski definition) is 1. The molecule has 2 rings (SSSR count). The number of carboxylic acids is 1. The first kappa shape index (κ1) is 14.4. The summed E-state index contributed by atoms with van der Waals surface area (Å²) in [7, 11) is 0. The minimum Gasteiger partial charge on any atom is -0.481 e. The number of piperidine rings is 1. The van der Waals surface area contributed by atoms with Crippen LogP contribution in [0.4, 0.5) is 0 Å². The van der Waals surface area contributed by atoms with E-state index in [4.69, 9.17) is 5.11 Å². The quantitative estimate of drug-likeness (QED) is 0.813. The van der Waals surface area contributed by atoms with E-state index in [9.17, 15) is 4.79 Å². The Labute approximate surface area is 119 Å². The molecule has 1 aliphatic heterocycles. The molecule has 1 aliphatic rings. The fourth-order valence-corrected chi connectivity index (χ4v) is 3.38. The standard InChI is InChI=1S/C15H21NO2S/c17-15(18)14-7-4-8-16(11-14)9-10-19-12-13-5-2-1-3-6-13/h1-3,5-6,14H,4,7-12H2,(H,17,18). The second-order valence-corrected chi connectivity index (χ2v) is 6.12. The largest absolute Gasteiger partial charge is 0.481 e. The molecule has 1 atom stereocenters. The van der Waals surface area contributed by atoms with Crippen LogP contribution in [-0.4, -0.2) is 41.4 Å². The summed E-state index contributed by atoms with van der Waals surface area (Å²) >= 11 is 1.92. The lowest BCUT2D eigenvalue weighted by Crippen LogP contribution is -2.39. The fraction of sp³-hybridized carbons (Fsp3) is 0.533. The van der Waals surface area contributed by atoms with Gasteiger partial charge in [-0.2, -0.15) is 11.8 Å². The Morgan fingerprint density at radius 3 is 2.89 bits per heavy atom. The van der Waals surface area contributed by atoms with Crippen molar-refractivity contribution in [2.24, 2.45) is 5.92 Å². The molecule has 4 heteroatoms. The van der Waals surface area contributed by atoms with Crippen LogP contribution in [0.5, 0.6) is 0 Å². The second-order valence-electron chi connectivity index (χ2n) is 5.02. The van der Waals surface area contributed by atoms with E-state index in [0.29, 0.717) is 0 Å². The lowest BCUT2D eigenvalue weighted by atomic mass is 9.98. The summed E-state index contributed by atoms with van der Waals surface area (Å²) in [5, 5.41) is 9.04. The molecule has 1 fully saturated rings. The zero-order valence-electron chi connectivity index (χ0n) is 11.1. The van der Waals surface area contributed by atoms with E-state index in [1.54, 1.807) is 0 Å². The maximum atomic E-state index is 11.0. The topological polar surface area (TPSA) is 40.5 Å². The molecule has 0 aromatic heterocycles. The van der Waals surface area contributed by atoms with Gasteiger partial charge >= 0.3 is 5.97 Å². The van der Waals surface area contributed by atoms with Crippen LogP contribution in [-0.2, 0) is 10.5 Å². The van der Waals surface area contributed by atoms with Crippen molar-refractivity contribution in [1.82, 2.24) is 4.90 Å². The highest BCUT2D eigenvalue weighted by atomic mass is 32.2. The number of thioether (sulfide) groups is 1. The average molecular weight is 279 g/mol. The monoisotopic (exact) mass is 279 g/mol. The third kappa shape index (κ3) is 4.88. The van der Waals surface area contributed by atoms with Crippen molar-refractivity contribution in [2.75, 3.05) is 25.4 Å². The molecule has 0 saturated carbocycles. The van der Waals surface area contributed by atoms with Gasteiger partial charge in [0.25, 0.3) is 0 Å². The summed E-state index contributed by atoms with van der Waals surface area (Å²) in [6.45, 7) is 2.78. The molecule has 0 aliphatic carbocycles.